The molecule has 0 aromatic carbocycles. The molecule has 0 heterocycles. The van der Waals surface area contributed by atoms with Gasteiger partial charge in [0.1, 0.15) is 0 Å². The summed E-state index contributed by atoms with van der Waals surface area (Å²) in [5.74, 6) is 1.91. The molecule has 0 aliphatic heterocycles. The fourth-order valence-electron chi connectivity index (χ4n) is 3.68. The average molecular weight is 281 g/mol. The third kappa shape index (κ3) is 4.62. The van der Waals surface area contributed by atoms with Crippen LogP contribution in [0.2, 0.25) is 0 Å². The standard InChI is InChI=1S/C17H31NO2/c1-5-13(6-2)10-17(18-12(4)20)16-9-14(11-19)8-15(16)7-3/h7,13-17,19H,3,5-6,8-11H2,1-2,4H3,(H,18,20). The van der Waals surface area contributed by atoms with E-state index in [0.29, 0.717) is 23.7 Å². The van der Waals surface area contributed by atoms with Crippen molar-refractivity contribution in [1.82, 2.24) is 5.32 Å². The van der Waals surface area contributed by atoms with Crippen molar-refractivity contribution < 1.29 is 9.90 Å². The van der Waals surface area contributed by atoms with Gasteiger partial charge < -0.3 is 10.4 Å². The lowest BCUT2D eigenvalue weighted by Crippen LogP contribution is -2.41. The van der Waals surface area contributed by atoms with E-state index in [1.54, 1.807) is 6.92 Å². The Hall–Kier alpha value is -0.830. The molecule has 1 aliphatic rings. The zero-order valence-corrected chi connectivity index (χ0v) is 13.3. The topological polar surface area (TPSA) is 49.3 Å². The Labute approximate surface area is 123 Å². The Kier molecular flexibility index (Phi) is 7.28. The van der Waals surface area contributed by atoms with Crippen LogP contribution in [0.25, 0.3) is 0 Å². The largest absolute Gasteiger partial charge is 0.396 e. The van der Waals surface area contributed by atoms with Gasteiger partial charge in [-0.05, 0) is 42.9 Å². The summed E-state index contributed by atoms with van der Waals surface area (Å²) in [4.78, 5) is 11.5. The third-order valence-electron chi connectivity index (χ3n) is 4.97. The highest BCUT2D eigenvalue weighted by Crippen LogP contribution is 2.40. The molecule has 0 aromatic rings. The van der Waals surface area contributed by atoms with Gasteiger partial charge in [0.25, 0.3) is 0 Å². The van der Waals surface area contributed by atoms with Crippen molar-refractivity contribution in [3.63, 3.8) is 0 Å². The summed E-state index contributed by atoms with van der Waals surface area (Å²) in [7, 11) is 0. The fourth-order valence-corrected chi connectivity index (χ4v) is 3.68. The fraction of sp³-hybridized carbons (Fsp3) is 0.824. The van der Waals surface area contributed by atoms with Gasteiger partial charge in [-0.3, -0.25) is 4.79 Å². The number of aliphatic hydroxyl groups is 1. The molecule has 1 rings (SSSR count). The van der Waals surface area contributed by atoms with E-state index in [0.717, 1.165) is 32.1 Å². The van der Waals surface area contributed by atoms with E-state index in [2.05, 4.69) is 25.7 Å². The quantitative estimate of drug-likeness (QED) is 0.672. The summed E-state index contributed by atoms with van der Waals surface area (Å²) in [5.41, 5.74) is 0. The van der Waals surface area contributed by atoms with Crippen molar-refractivity contribution in [2.75, 3.05) is 6.61 Å². The number of allylic oxidation sites excluding steroid dienone is 1. The van der Waals surface area contributed by atoms with Gasteiger partial charge >= 0.3 is 0 Å². The number of nitrogens with one attached hydrogen (secondary N) is 1. The van der Waals surface area contributed by atoms with Gasteiger partial charge in [-0.25, -0.2) is 0 Å². The molecule has 1 amide bonds. The van der Waals surface area contributed by atoms with Crippen molar-refractivity contribution in [3.05, 3.63) is 12.7 Å². The van der Waals surface area contributed by atoms with Crippen LogP contribution in [0.5, 0.6) is 0 Å². The second kappa shape index (κ2) is 8.46. The SMILES string of the molecule is C=CC1CC(CO)CC1C(CC(CC)CC)NC(C)=O. The van der Waals surface area contributed by atoms with E-state index in [9.17, 15) is 9.90 Å². The first-order valence-corrected chi connectivity index (χ1v) is 8.06. The first kappa shape index (κ1) is 17.2. The van der Waals surface area contributed by atoms with Crippen LogP contribution in [0.1, 0.15) is 52.9 Å². The highest BCUT2D eigenvalue weighted by molar-refractivity contribution is 5.73. The average Bonchev–Trinajstić information content (AvgIpc) is 2.86. The lowest BCUT2D eigenvalue weighted by molar-refractivity contribution is -0.120. The molecule has 4 unspecified atom stereocenters. The molecule has 0 radical (unpaired) electrons. The predicted molar refractivity (Wildman–Crippen MR) is 83.3 cm³/mol. The maximum atomic E-state index is 11.5. The summed E-state index contributed by atoms with van der Waals surface area (Å²) in [6, 6.07) is 0.219. The molecule has 1 aliphatic carbocycles. The number of aliphatic hydroxyl groups excluding tert-OH is 1. The molecule has 3 heteroatoms. The molecule has 1 fully saturated rings. The van der Waals surface area contributed by atoms with Gasteiger partial charge in [-0.1, -0.05) is 32.8 Å². The monoisotopic (exact) mass is 281 g/mol. The Balaban J connectivity index is 2.79. The number of carbonyl (C=O) groups excluding carboxylic acids is 1. The highest BCUT2D eigenvalue weighted by Gasteiger charge is 2.37. The van der Waals surface area contributed by atoms with Gasteiger partial charge in [0.2, 0.25) is 5.91 Å². The highest BCUT2D eigenvalue weighted by atomic mass is 16.3. The van der Waals surface area contributed by atoms with E-state index in [1.165, 1.54) is 0 Å². The Morgan fingerprint density at radius 2 is 2.05 bits per heavy atom. The minimum Gasteiger partial charge on any atom is -0.396 e. The maximum absolute atomic E-state index is 11.5. The molecular formula is C17H31NO2. The molecule has 0 aromatic heterocycles. The number of amides is 1. The van der Waals surface area contributed by atoms with Crippen molar-refractivity contribution in [2.24, 2.45) is 23.7 Å². The summed E-state index contributed by atoms with van der Waals surface area (Å²) >= 11 is 0. The van der Waals surface area contributed by atoms with E-state index in [-0.39, 0.29) is 18.6 Å². The van der Waals surface area contributed by atoms with Crippen LogP contribution < -0.4 is 5.32 Å². The van der Waals surface area contributed by atoms with Crippen LogP contribution in [0.15, 0.2) is 12.7 Å². The summed E-state index contributed by atoms with van der Waals surface area (Å²) in [5, 5.41) is 12.6. The number of carbonyl (C=O) groups is 1. The molecular weight excluding hydrogens is 250 g/mol. The van der Waals surface area contributed by atoms with Gasteiger partial charge in [0.15, 0.2) is 0 Å². The van der Waals surface area contributed by atoms with Crippen molar-refractivity contribution in [3.8, 4) is 0 Å². The number of hydrogen-bond donors (Lipinski definition) is 2. The van der Waals surface area contributed by atoms with Gasteiger partial charge in [-0.15, -0.1) is 6.58 Å². The van der Waals surface area contributed by atoms with Gasteiger partial charge in [0.05, 0.1) is 0 Å². The third-order valence-corrected chi connectivity index (χ3v) is 4.97. The lowest BCUT2D eigenvalue weighted by Gasteiger charge is -2.30. The normalized spacial score (nSPS) is 27.6. The van der Waals surface area contributed by atoms with Crippen LogP contribution in [-0.2, 0) is 4.79 Å². The zero-order valence-electron chi connectivity index (χ0n) is 13.3. The van der Waals surface area contributed by atoms with Gasteiger partial charge in [0, 0.05) is 19.6 Å². The molecule has 3 nitrogen and oxygen atoms in total. The van der Waals surface area contributed by atoms with Crippen molar-refractivity contribution in [2.45, 2.75) is 58.9 Å². The molecule has 20 heavy (non-hydrogen) atoms. The van der Waals surface area contributed by atoms with Crippen molar-refractivity contribution >= 4 is 5.91 Å². The number of rotatable bonds is 8. The first-order chi connectivity index (χ1) is 9.55. The van der Waals surface area contributed by atoms with Crippen LogP contribution in [0.4, 0.5) is 0 Å². The summed E-state index contributed by atoms with van der Waals surface area (Å²) in [6.07, 6.45) is 7.37. The smallest absolute Gasteiger partial charge is 0.217 e. The minimum absolute atomic E-state index is 0.0521. The molecule has 116 valence electrons. The van der Waals surface area contributed by atoms with E-state index >= 15 is 0 Å². The summed E-state index contributed by atoms with van der Waals surface area (Å²) in [6.45, 7) is 10.2. The Morgan fingerprint density at radius 3 is 2.50 bits per heavy atom. The van der Waals surface area contributed by atoms with Crippen molar-refractivity contribution in [1.29, 1.82) is 0 Å². The van der Waals surface area contributed by atoms with Crippen LogP contribution in [0, 0.1) is 23.7 Å². The van der Waals surface area contributed by atoms with E-state index < -0.39 is 0 Å². The second-order valence-electron chi connectivity index (χ2n) is 6.31. The molecule has 2 N–H and O–H groups in total. The number of hydrogen-bond acceptors (Lipinski definition) is 2. The van der Waals surface area contributed by atoms with Gasteiger partial charge in [-0.2, -0.15) is 0 Å². The molecule has 0 saturated heterocycles. The van der Waals surface area contributed by atoms with Crippen LogP contribution in [-0.4, -0.2) is 23.7 Å². The zero-order chi connectivity index (χ0) is 15.1. The maximum Gasteiger partial charge on any atom is 0.217 e. The van der Waals surface area contributed by atoms with Crippen LogP contribution >= 0.6 is 0 Å². The predicted octanol–water partition coefficient (Wildman–Crippen LogP) is 3.14. The Morgan fingerprint density at radius 1 is 1.40 bits per heavy atom. The molecule has 1 saturated carbocycles. The second-order valence-corrected chi connectivity index (χ2v) is 6.31. The van der Waals surface area contributed by atoms with E-state index in [4.69, 9.17) is 0 Å². The first-order valence-electron chi connectivity index (χ1n) is 8.06. The molecule has 0 bridgehead atoms. The summed E-state index contributed by atoms with van der Waals surface area (Å²) < 4.78 is 0. The van der Waals surface area contributed by atoms with Crippen LogP contribution in [0.3, 0.4) is 0 Å². The molecule has 4 atom stereocenters. The minimum atomic E-state index is 0.0521. The van der Waals surface area contributed by atoms with E-state index in [1.807, 2.05) is 6.08 Å². The molecule has 0 spiro atoms. The Bertz CT molecular complexity index is 312. The lowest BCUT2D eigenvalue weighted by atomic mass is 9.82.